The molecular weight excluding hydrogens is 376 g/mol. The minimum Gasteiger partial charge on any atom is -0.465 e. The van der Waals surface area contributed by atoms with E-state index in [1.54, 1.807) is 36.4 Å². The van der Waals surface area contributed by atoms with Crippen molar-refractivity contribution < 1.29 is 23.8 Å². The van der Waals surface area contributed by atoms with Crippen LogP contribution in [0.5, 0.6) is 11.5 Å². The molecule has 2 aromatic carbocycles. The summed E-state index contributed by atoms with van der Waals surface area (Å²) in [5.41, 5.74) is 1.95. The van der Waals surface area contributed by atoms with E-state index < -0.39 is 5.97 Å². The molecule has 0 atom stereocenters. The Morgan fingerprint density at radius 1 is 0.931 bits per heavy atom. The average molecular weight is 392 g/mol. The lowest BCUT2D eigenvalue weighted by molar-refractivity contribution is 0.0600. The highest BCUT2D eigenvalue weighted by Crippen LogP contribution is 2.34. The molecule has 4 rings (SSSR count). The van der Waals surface area contributed by atoms with Gasteiger partial charge in [-0.25, -0.2) is 14.8 Å². The van der Waals surface area contributed by atoms with Crippen LogP contribution >= 0.6 is 0 Å². The van der Waals surface area contributed by atoms with Crippen LogP contribution in [0.4, 0.5) is 17.3 Å². The Hall–Kier alpha value is -4.14. The molecule has 0 fully saturated rings. The van der Waals surface area contributed by atoms with E-state index in [9.17, 15) is 9.59 Å². The summed E-state index contributed by atoms with van der Waals surface area (Å²) in [6.45, 7) is 0.199. The number of carbonyl (C=O) groups excluding carboxylic acids is 2. The molecule has 1 aliphatic rings. The zero-order valence-electron chi connectivity index (χ0n) is 15.3. The summed E-state index contributed by atoms with van der Waals surface area (Å²) in [4.78, 5) is 32.1. The summed E-state index contributed by atoms with van der Waals surface area (Å²) in [7, 11) is 1.31. The van der Waals surface area contributed by atoms with Crippen molar-refractivity contribution in [1.82, 2.24) is 9.97 Å². The van der Waals surface area contributed by atoms with Gasteiger partial charge in [0.2, 0.25) is 12.7 Å². The summed E-state index contributed by atoms with van der Waals surface area (Å²) in [6.07, 6.45) is 2.83. The molecule has 0 bridgehead atoms. The number of anilines is 3. The summed E-state index contributed by atoms with van der Waals surface area (Å²) in [5, 5.41) is 5.76. The van der Waals surface area contributed by atoms with Crippen LogP contribution in [0.1, 0.15) is 20.7 Å². The first kappa shape index (κ1) is 18.2. The van der Waals surface area contributed by atoms with Gasteiger partial charge in [-0.2, -0.15) is 0 Å². The van der Waals surface area contributed by atoms with Gasteiger partial charge in [0, 0.05) is 29.8 Å². The van der Waals surface area contributed by atoms with E-state index in [4.69, 9.17) is 9.47 Å². The van der Waals surface area contributed by atoms with Crippen molar-refractivity contribution in [3.63, 3.8) is 0 Å². The number of fused-ring (bicyclic) bond motifs is 1. The second-order valence-corrected chi connectivity index (χ2v) is 6.01. The first-order chi connectivity index (χ1) is 14.1. The molecule has 0 unspecified atom stereocenters. The fourth-order valence-corrected chi connectivity index (χ4v) is 2.62. The van der Waals surface area contributed by atoms with Crippen LogP contribution in [0.3, 0.4) is 0 Å². The maximum atomic E-state index is 12.4. The average Bonchev–Trinajstić information content (AvgIpc) is 3.22. The van der Waals surface area contributed by atoms with Crippen LogP contribution < -0.4 is 20.1 Å². The smallest absolute Gasteiger partial charge is 0.337 e. The number of ether oxygens (including phenoxy) is 3. The number of aromatic nitrogens is 2. The number of carbonyl (C=O) groups is 2. The van der Waals surface area contributed by atoms with Crippen molar-refractivity contribution >= 4 is 29.2 Å². The van der Waals surface area contributed by atoms with Gasteiger partial charge >= 0.3 is 5.97 Å². The van der Waals surface area contributed by atoms with E-state index in [1.807, 2.05) is 6.07 Å². The van der Waals surface area contributed by atoms with Crippen molar-refractivity contribution in [3.05, 3.63) is 66.0 Å². The van der Waals surface area contributed by atoms with Gasteiger partial charge < -0.3 is 24.8 Å². The van der Waals surface area contributed by atoms with Crippen molar-refractivity contribution in [2.75, 3.05) is 24.5 Å². The maximum absolute atomic E-state index is 12.4. The molecule has 0 radical (unpaired) electrons. The fourth-order valence-electron chi connectivity index (χ4n) is 2.62. The largest absolute Gasteiger partial charge is 0.465 e. The second-order valence-electron chi connectivity index (χ2n) is 6.01. The number of nitrogens with one attached hydrogen (secondary N) is 2. The molecule has 0 saturated heterocycles. The highest BCUT2D eigenvalue weighted by atomic mass is 16.7. The SMILES string of the molecule is COC(=O)c1ccc(NC(=O)c2cnc(Nc3ccc4c(c3)OCO4)nc2)cc1. The van der Waals surface area contributed by atoms with Gasteiger partial charge in [-0.1, -0.05) is 0 Å². The van der Waals surface area contributed by atoms with Crippen LogP contribution in [-0.4, -0.2) is 35.7 Å². The number of nitrogens with zero attached hydrogens (tertiary/aromatic N) is 2. The predicted octanol–water partition coefficient (Wildman–Crippen LogP) is 2.99. The molecule has 3 aromatic rings. The number of hydrogen-bond acceptors (Lipinski definition) is 8. The van der Waals surface area contributed by atoms with Crippen molar-refractivity contribution in [1.29, 1.82) is 0 Å². The van der Waals surface area contributed by atoms with E-state index in [0.717, 1.165) is 5.69 Å². The van der Waals surface area contributed by atoms with Crippen molar-refractivity contribution in [2.24, 2.45) is 0 Å². The van der Waals surface area contributed by atoms with Crippen LogP contribution in [0.25, 0.3) is 0 Å². The number of methoxy groups -OCH3 is 1. The number of benzene rings is 2. The summed E-state index contributed by atoms with van der Waals surface area (Å²) >= 11 is 0. The highest BCUT2D eigenvalue weighted by Gasteiger charge is 2.14. The maximum Gasteiger partial charge on any atom is 0.337 e. The molecule has 1 amide bonds. The van der Waals surface area contributed by atoms with E-state index in [-0.39, 0.29) is 12.7 Å². The minimum absolute atomic E-state index is 0.199. The van der Waals surface area contributed by atoms with Gasteiger partial charge in [-0.3, -0.25) is 4.79 Å². The molecule has 9 nitrogen and oxygen atoms in total. The molecule has 1 aromatic heterocycles. The van der Waals surface area contributed by atoms with Gasteiger partial charge in [0.25, 0.3) is 5.91 Å². The third kappa shape index (κ3) is 4.08. The Morgan fingerprint density at radius 2 is 1.62 bits per heavy atom. The molecule has 1 aliphatic heterocycles. The third-order valence-corrected chi connectivity index (χ3v) is 4.11. The number of hydrogen-bond donors (Lipinski definition) is 2. The summed E-state index contributed by atoms with van der Waals surface area (Å²) in [5.74, 6) is 0.849. The zero-order chi connectivity index (χ0) is 20.2. The van der Waals surface area contributed by atoms with E-state index >= 15 is 0 Å². The van der Waals surface area contributed by atoms with Gasteiger partial charge in [0.05, 0.1) is 18.2 Å². The second kappa shape index (κ2) is 7.85. The molecule has 0 spiro atoms. The quantitative estimate of drug-likeness (QED) is 0.638. The van der Waals surface area contributed by atoms with E-state index in [1.165, 1.54) is 19.5 Å². The molecule has 2 heterocycles. The van der Waals surface area contributed by atoms with Crippen LogP contribution in [-0.2, 0) is 4.74 Å². The first-order valence-electron chi connectivity index (χ1n) is 8.61. The highest BCUT2D eigenvalue weighted by molar-refractivity contribution is 6.04. The van der Waals surface area contributed by atoms with Crippen molar-refractivity contribution in [2.45, 2.75) is 0 Å². The standard InChI is InChI=1S/C20H16N4O5/c1-27-19(26)12-2-4-14(5-3-12)23-18(25)13-9-21-20(22-10-13)24-15-6-7-16-17(8-15)29-11-28-16/h2-10H,11H2,1H3,(H,23,25)(H,21,22,24). The summed E-state index contributed by atoms with van der Waals surface area (Å²) in [6, 6.07) is 11.7. The van der Waals surface area contributed by atoms with Crippen molar-refractivity contribution in [3.8, 4) is 11.5 Å². The van der Waals surface area contributed by atoms with Gasteiger partial charge in [-0.15, -0.1) is 0 Å². The topological polar surface area (TPSA) is 112 Å². The normalized spacial score (nSPS) is 11.6. The van der Waals surface area contributed by atoms with E-state index in [2.05, 4.69) is 25.3 Å². The van der Waals surface area contributed by atoms with E-state index in [0.29, 0.717) is 34.3 Å². The van der Waals surface area contributed by atoms with Gasteiger partial charge in [-0.05, 0) is 36.4 Å². The Morgan fingerprint density at radius 3 is 2.34 bits per heavy atom. The molecule has 0 aliphatic carbocycles. The Kier molecular flexibility index (Phi) is 4.93. The number of rotatable bonds is 5. The lowest BCUT2D eigenvalue weighted by atomic mass is 10.2. The van der Waals surface area contributed by atoms with Crippen LogP contribution in [0.2, 0.25) is 0 Å². The van der Waals surface area contributed by atoms with Gasteiger partial charge in [0.15, 0.2) is 11.5 Å². The monoisotopic (exact) mass is 392 g/mol. The predicted molar refractivity (Wildman–Crippen MR) is 104 cm³/mol. The fraction of sp³-hybridized carbons (Fsp3) is 0.100. The first-order valence-corrected chi connectivity index (χ1v) is 8.61. The van der Waals surface area contributed by atoms with Crippen LogP contribution in [0, 0.1) is 0 Å². The van der Waals surface area contributed by atoms with Crippen LogP contribution in [0.15, 0.2) is 54.9 Å². The number of amides is 1. The Balaban J connectivity index is 1.39. The lowest BCUT2D eigenvalue weighted by Gasteiger charge is -2.08. The Bertz CT molecular complexity index is 1050. The van der Waals surface area contributed by atoms with Gasteiger partial charge in [0.1, 0.15) is 0 Å². The lowest BCUT2D eigenvalue weighted by Crippen LogP contribution is -2.13. The molecule has 0 saturated carbocycles. The summed E-state index contributed by atoms with van der Waals surface area (Å²) < 4.78 is 15.2. The Labute approximate surface area is 165 Å². The minimum atomic E-state index is -0.443. The third-order valence-electron chi connectivity index (χ3n) is 4.11. The zero-order valence-corrected chi connectivity index (χ0v) is 15.3. The molecule has 29 heavy (non-hydrogen) atoms. The molecular formula is C20H16N4O5. The molecule has 2 N–H and O–H groups in total. The molecule has 9 heteroatoms. The molecule has 146 valence electrons. The number of esters is 1.